The van der Waals surface area contributed by atoms with Crippen LogP contribution in [0.3, 0.4) is 0 Å². The van der Waals surface area contributed by atoms with Crippen LogP contribution in [0.15, 0.2) is 47.8 Å². The van der Waals surface area contributed by atoms with Gasteiger partial charge in [0.05, 0.1) is 5.92 Å². The fraction of sp³-hybridized carbons (Fsp3) is 0.450. The SMILES string of the molecule is C=C1C[C@H]2OC(=O)C(=C)[C@@H]2[C@H](OC(=O)/C(C)=C\C)C[C@]2(C)OC1=CC2=O. The van der Waals surface area contributed by atoms with Crippen LogP contribution in [0.4, 0.5) is 0 Å². The van der Waals surface area contributed by atoms with E-state index in [9.17, 15) is 14.4 Å². The van der Waals surface area contributed by atoms with Crippen molar-refractivity contribution in [3.05, 3.63) is 47.8 Å². The maximum atomic E-state index is 12.5. The first kappa shape index (κ1) is 18.2. The summed E-state index contributed by atoms with van der Waals surface area (Å²) in [6, 6.07) is 0. The maximum Gasteiger partial charge on any atom is 0.334 e. The summed E-state index contributed by atoms with van der Waals surface area (Å²) in [7, 11) is 0. The Morgan fingerprint density at radius 3 is 2.73 bits per heavy atom. The number of carbonyl (C=O) groups is 3. The van der Waals surface area contributed by atoms with Gasteiger partial charge in [-0.2, -0.15) is 0 Å². The highest BCUT2D eigenvalue weighted by Gasteiger charge is 2.52. The highest BCUT2D eigenvalue weighted by molar-refractivity contribution is 6.00. The predicted molar refractivity (Wildman–Crippen MR) is 92.8 cm³/mol. The van der Waals surface area contributed by atoms with E-state index in [0.717, 1.165) is 0 Å². The molecule has 0 radical (unpaired) electrons. The van der Waals surface area contributed by atoms with Gasteiger partial charge in [-0.15, -0.1) is 0 Å². The normalized spacial score (nSPS) is 34.2. The first-order valence-electron chi connectivity index (χ1n) is 8.53. The van der Waals surface area contributed by atoms with Gasteiger partial charge in [0.1, 0.15) is 18.0 Å². The molecule has 2 fully saturated rings. The van der Waals surface area contributed by atoms with Gasteiger partial charge in [0, 0.05) is 30.1 Å². The van der Waals surface area contributed by atoms with Crippen LogP contribution in [0.2, 0.25) is 0 Å². The van der Waals surface area contributed by atoms with Gasteiger partial charge in [-0.1, -0.05) is 19.2 Å². The van der Waals surface area contributed by atoms with Gasteiger partial charge in [0.25, 0.3) is 0 Å². The summed E-state index contributed by atoms with van der Waals surface area (Å²) < 4.78 is 17.0. The van der Waals surface area contributed by atoms with Crippen molar-refractivity contribution in [3.8, 4) is 0 Å². The molecule has 3 aliphatic rings. The van der Waals surface area contributed by atoms with E-state index < -0.39 is 35.7 Å². The summed E-state index contributed by atoms with van der Waals surface area (Å²) in [5.41, 5.74) is 0.0514. The van der Waals surface area contributed by atoms with Crippen LogP contribution in [0.5, 0.6) is 0 Å². The molecule has 0 aromatic carbocycles. The van der Waals surface area contributed by atoms with Gasteiger partial charge in [-0.05, 0) is 26.3 Å². The smallest absolute Gasteiger partial charge is 0.334 e. The minimum Gasteiger partial charge on any atom is -0.479 e. The topological polar surface area (TPSA) is 78.9 Å². The lowest BCUT2D eigenvalue weighted by molar-refractivity contribution is -0.153. The average molecular weight is 358 g/mol. The molecule has 2 bridgehead atoms. The Morgan fingerprint density at radius 2 is 2.08 bits per heavy atom. The lowest BCUT2D eigenvalue weighted by Crippen LogP contribution is -2.43. The van der Waals surface area contributed by atoms with Crippen LogP contribution in [-0.2, 0) is 28.6 Å². The molecule has 0 amide bonds. The first-order chi connectivity index (χ1) is 12.2. The highest BCUT2D eigenvalue weighted by atomic mass is 16.6. The van der Waals surface area contributed by atoms with Crippen molar-refractivity contribution < 1.29 is 28.6 Å². The average Bonchev–Trinajstić information content (AvgIpc) is 3.03. The van der Waals surface area contributed by atoms with Crippen molar-refractivity contribution in [3.63, 3.8) is 0 Å². The van der Waals surface area contributed by atoms with Crippen LogP contribution in [0, 0.1) is 5.92 Å². The molecule has 26 heavy (non-hydrogen) atoms. The number of esters is 2. The monoisotopic (exact) mass is 358 g/mol. The van der Waals surface area contributed by atoms with E-state index in [4.69, 9.17) is 14.2 Å². The van der Waals surface area contributed by atoms with Crippen LogP contribution in [-0.4, -0.2) is 35.5 Å². The summed E-state index contributed by atoms with van der Waals surface area (Å²) in [5.74, 6) is -1.41. The number of hydrogen-bond acceptors (Lipinski definition) is 6. The third kappa shape index (κ3) is 2.89. The molecule has 0 aromatic rings. The quantitative estimate of drug-likeness (QED) is 0.558. The Morgan fingerprint density at radius 1 is 1.38 bits per heavy atom. The molecule has 6 heteroatoms. The molecule has 6 nitrogen and oxygen atoms in total. The van der Waals surface area contributed by atoms with Crippen molar-refractivity contribution in [2.24, 2.45) is 5.92 Å². The van der Waals surface area contributed by atoms with Gasteiger partial charge in [-0.25, -0.2) is 9.59 Å². The molecule has 3 aliphatic heterocycles. The number of rotatable bonds is 2. The van der Waals surface area contributed by atoms with Crippen molar-refractivity contribution in [1.29, 1.82) is 0 Å². The molecule has 3 heterocycles. The van der Waals surface area contributed by atoms with E-state index >= 15 is 0 Å². The van der Waals surface area contributed by atoms with Crippen molar-refractivity contribution >= 4 is 17.7 Å². The second-order valence-electron chi connectivity index (χ2n) is 7.13. The zero-order valence-corrected chi connectivity index (χ0v) is 15.2. The van der Waals surface area contributed by atoms with Crippen LogP contribution >= 0.6 is 0 Å². The zero-order chi connectivity index (χ0) is 19.2. The van der Waals surface area contributed by atoms with E-state index in [1.165, 1.54) is 6.08 Å². The fourth-order valence-corrected chi connectivity index (χ4v) is 3.51. The van der Waals surface area contributed by atoms with Gasteiger partial charge in [0.2, 0.25) is 5.78 Å². The second kappa shape index (κ2) is 6.27. The molecule has 0 aromatic heterocycles. The lowest BCUT2D eigenvalue weighted by atomic mass is 9.81. The number of allylic oxidation sites excluding steroid dienone is 2. The van der Waals surface area contributed by atoms with E-state index in [1.54, 1.807) is 26.8 Å². The van der Waals surface area contributed by atoms with Gasteiger partial charge >= 0.3 is 11.9 Å². The molecule has 138 valence electrons. The molecule has 4 atom stereocenters. The number of fused-ring (bicyclic) bond motifs is 3. The Kier molecular flexibility index (Phi) is 4.38. The summed E-state index contributed by atoms with van der Waals surface area (Å²) >= 11 is 0. The van der Waals surface area contributed by atoms with Crippen LogP contribution in [0.1, 0.15) is 33.6 Å². The highest BCUT2D eigenvalue weighted by Crippen LogP contribution is 2.44. The second-order valence-corrected chi connectivity index (χ2v) is 7.13. The van der Waals surface area contributed by atoms with Crippen molar-refractivity contribution in [1.82, 2.24) is 0 Å². The molecule has 0 N–H and O–H groups in total. The molecular weight excluding hydrogens is 336 g/mol. The van der Waals surface area contributed by atoms with E-state index in [-0.39, 0.29) is 24.2 Å². The van der Waals surface area contributed by atoms with E-state index in [0.29, 0.717) is 16.9 Å². The molecule has 2 saturated heterocycles. The molecule has 0 saturated carbocycles. The minimum atomic E-state index is -1.19. The lowest BCUT2D eigenvalue weighted by Gasteiger charge is -2.31. The molecule has 0 aliphatic carbocycles. The van der Waals surface area contributed by atoms with Crippen molar-refractivity contribution in [2.75, 3.05) is 0 Å². The maximum absolute atomic E-state index is 12.5. The largest absolute Gasteiger partial charge is 0.479 e. The Hall–Kier alpha value is -2.63. The predicted octanol–water partition coefficient (Wildman–Crippen LogP) is 2.55. The number of ketones is 1. The Bertz CT molecular complexity index is 786. The summed E-state index contributed by atoms with van der Waals surface area (Å²) in [4.78, 5) is 36.9. The Labute approximate surface area is 152 Å². The summed E-state index contributed by atoms with van der Waals surface area (Å²) in [6.45, 7) is 12.8. The standard InChI is InChI=1S/C20H22O6/c1-6-10(2)18(22)25-15-9-20(5)16(21)8-13(26-20)11(3)7-14-17(15)12(4)19(23)24-14/h6,8,14-15,17H,3-4,7,9H2,1-2,5H3/b10-6-/t14-,15-,17+,20+/m1/s1. The number of ether oxygens (including phenoxy) is 3. The summed E-state index contributed by atoms with van der Waals surface area (Å²) in [6.07, 6.45) is 2.08. The third-order valence-electron chi connectivity index (χ3n) is 5.24. The molecule has 3 rings (SSSR count). The van der Waals surface area contributed by atoms with E-state index in [2.05, 4.69) is 13.2 Å². The first-order valence-corrected chi connectivity index (χ1v) is 8.53. The fourth-order valence-electron chi connectivity index (χ4n) is 3.51. The van der Waals surface area contributed by atoms with Crippen molar-refractivity contribution in [2.45, 2.75) is 51.4 Å². The zero-order valence-electron chi connectivity index (χ0n) is 15.2. The van der Waals surface area contributed by atoms with Gasteiger partial charge < -0.3 is 14.2 Å². The van der Waals surface area contributed by atoms with E-state index in [1.807, 2.05) is 0 Å². The third-order valence-corrected chi connectivity index (χ3v) is 5.24. The number of hydrogen-bond donors (Lipinski definition) is 0. The number of carbonyl (C=O) groups excluding carboxylic acids is 3. The minimum absolute atomic E-state index is 0.0959. The van der Waals surface area contributed by atoms with Gasteiger partial charge in [-0.3, -0.25) is 4.79 Å². The van der Waals surface area contributed by atoms with Gasteiger partial charge in [0.15, 0.2) is 5.60 Å². The molecule has 0 spiro atoms. The Balaban J connectivity index is 2.02. The van der Waals surface area contributed by atoms with Crippen LogP contribution in [0.25, 0.3) is 0 Å². The summed E-state index contributed by atoms with van der Waals surface area (Å²) in [5, 5.41) is 0. The molecular formula is C20H22O6. The molecule has 0 unspecified atom stereocenters. The van der Waals surface area contributed by atoms with Crippen LogP contribution < -0.4 is 0 Å².